The molecule has 1 heterocycles. The highest BCUT2D eigenvalue weighted by Gasteiger charge is 2.29. The maximum absolute atomic E-state index is 14.7. The number of aromatic nitrogens is 2. The van der Waals surface area contributed by atoms with Gasteiger partial charge in [0.05, 0.1) is 11.1 Å². The minimum Gasteiger partial charge on any atom is -0.386 e. The molecule has 2 aliphatic rings. The molecule has 1 amide bonds. The highest BCUT2D eigenvalue weighted by molar-refractivity contribution is 5.92. The van der Waals surface area contributed by atoms with Crippen molar-refractivity contribution in [3.63, 3.8) is 0 Å². The van der Waals surface area contributed by atoms with Crippen LogP contribution in [-0.2, 0) is 10.4 Å². The summed E-state index contributed by atoms with van der Waals surface area (Å²) in [7, 11) is 0. The molecule has 5 nitrogen and oxygen atoms in total. The number of nitrogens with one attached hydrogen (secondary N) is 1. The van der Waals surface area contributed by atoms with Crippen molar-refractivity contribution in [1.82, 2.24) is 9.55 Å². The van der Waals surface area contributed by atoms with Gasteiger partial charge in [0.15, 0.2) is 5.82 Å². The molecule has 0 atom stereocenters. The molecule has 2 saturated carbocycles. The molecule has 2 aromatic rings. The summed E-state index contributed by atoms with van der Waals surface area (Å²) in [5.41, 5.74) is 0.270. The molecule has 4 rings (SSSR count). The van der Waals surface area contributed by atoms with Gasteiger partial charge in [0.25, 0.3) is 0 Å². The standard InChI is InChI=1S/C21H28FN3O2/c1-21(2,27)14-11-16(22)19-17(12-14)25(15-8-5-9-15)20(24-19)23-18(26)10-13-6-3-4-7-13/h11-13,15,27H,3-10H2,1-2H3,(H,23,24,26). The van der Waals surface area contributed by atoms with Crippen molar-refractivity contribution in [2.75, 3.05) is 5.32 Å². The van der Waals surface area contributed by atoms with Crippen LogP contribution in [0.5, 0.6) is 0 Å². The predicted molar refractivity (Wildman–Crippen MR) is 103 cm³/mol. The highest BCUT2D eigenvalue weighted by Crippen LogP contribution is 2.39. The van der Waals surface area contributed by atoms with E-state index in [0.29, 0.717) is 29.4 Å². The fourth-order valence-corrected chi connectivity index (χ4v) is 4.26. The van der Waals surface area contributed by atoms with Crippen LogP contribution in [0.1, 0.15) is 76.8 Å². The molecule has 2 N–H and O–H groups in total. The normalized spacial score (nSPS) is 18.8. The van der Waals surface area contributed by atoms with Gasteiger partial charge in [-0.25, -0.2) is 9.37 Å². The first-order valence-electron chi connectivity index (χ1n) is 10.1. The third-order valence-corrected chi connectivity index (χ3v) is 6.10. The smallest absolute Gasteiger partial charge is 0.226 e. The Labute approximate surface area is 159 Å². The van der Waals surface area contributed by atoms with Gasteiger partial charge in [-0.15, -0.1) is 0 Å². The molecule has 0 aliphatic heterocycles. The summed E-state index contributed by atoms with van der Waals surface area (Å²) in [4.78, 5) is 17.0. The minimum atomic E-state index is -1.14. The summed E-state index contributed by atoms with van der Waals surface area (Å²) in [5.74, 6) is 0.379. The average Bonchev–Trinajstić information content (AvgIpc) is 3.14. The van der Waals surface area contributed by atoms with Gasteiger partial charge >= 0.3 is 0 Å². The Morgan fingerprint density at radius 2 is 1.96 bits per heavy atom. The molecular formula is C21H28FN3O2. The summed E-state index contributed by atoms with van der Waals surface area (Å²) in [5, 5.41) is 13.3. The van der Waals surface area contributed by atoms with E-state index in [2.05, 4.69) is 10.3 Å². The second-order valence-corrected chi connectivity index (χ2v) is 8.68. The fraction of sp³-hybridized carbons (Fsp3) is 0.619. The average molecular weight is 373 g/mol. The highest BCUT2D eigenvalue weighted by atomic mass is 19.1. The van der Waals surface area contributed by atoms with Gasteiger partial charge in [-0.2, -0.15) is 0 Å². The predicted octanol–water partition coefficient (Wildman–Crippen LogP) is 4.65. The molecule has 6 heteroatoms. The van der Waals surface area contributed by atoms with Gasteiger partial charge in [0.2, 0.25) is 11.9 Å². The van der Waals surface area contributed by atoms with Crippen LogP contribution < -0.4 is 5.32 Å². The van der Waals surface area contributed by atoms with E-state index in [4.69, 9.17) is 0 Å². The number of hydrogen-bond acceptors (Lipinski definition) is 3. The lowest BCUT2D eigenvalue weighted by Crippen LogP contribution is -2.23. The molecule has 146 valence electrons. The van der Waals surface area contributed by atoms with Gasteiger partial charge in [0, 0.05) is 12.5 Å². The zero-order valence-corrected chi connectivity index (χ0v) is 16.1. The van der Waals surface area contributed by atoms with Crippen molar-refractivity contribution < 1.29 is 14.3 Å². The Morgan fingerprint density at radius 3 is 2.56 bits per heavy atom. The first-order valence-corrected chi connectivity index (χ1v) is 10.1. The number of imidazole rings is 1. The Balaban J connectivity index is 1.70. The number of halogens is 1. The van der Waals surface area contributed by atoms with Gasteiger partial charge in [0.1, 0.15) is 5.52 Å². The van der Waals surface area contributed by atoms with Crippen molar-refractivity contribution in [1.29, 1.82) is 0 Å². The molecule has 0 radical (unpaired) electrons. The second kappa shape index (κ2) is 6.89. The summed E-state index contributed by atoms with van der Waals surface area (Å²) in [6, 6.07) is 3.36. The number of carbonyl (C=O) groups is 1. The molecule has 2 fully saturated rings. The summed E-state index contributed by atoms with van der Waals surface area (Å²) in [6.45, 7) is 3.28. The van der Waals surface area contributed by atoms with E-state index in [1.807, 2.05) is 4.57 Å². The van der Waals surface area contributed by atoms with Crippen molar-refractivity contribution in [3.05, 3.63) is 23.5 Å². The first kappa shape index (κ1) is 18.4. The van der Waals surface area contributed by atoms with E-state index in [9.17, 15) is 14.3 Å². The number of nitrogens with zero attached hydrogens (tertiary/aromatic N) is 2. The number of amides is 1. The van der Waals surface area contributed by atoms with Crippen LogP contribution in [0.15, 0.2) is 12.1 Å². The maximum atomic E-state index is 14.7. The third kappa shape index (κ3) is 3.59. The van der Waals surface area contributed by atoms with Crippen molar-refractivity contribution >= 4 is 22.9 Å². The molecule has 1 aromatic carbocycles. The molecule has 1 aromatic heterocycles. The second-order valence-electron chi connectivity index (χ2n) is 8.68. The zero-order valence-electron chi connectivity index (χ0n) is 16.1. The Kier molecular flexibility index (Phi) is 4.70. The van der Waals surface area contributed by atoms with Gasteiger partial charge in [-0.1, -0.05) is 12.8 Å². The lowest BCUT2D eigenvalue weighted by molar-refractivity contribution is -0.117. The molecule has 2 aliphatic carbocycles. The summed E-state index contributed by atoms with van der Waals surface area (Å²) in [6.07, 6.45) is 8.22. The molecule has 0 spiro atoms. The fourth-order valence-electron chi connectivity index (χ4n) is 4.26. The van der Waals surface area contributed by atoms with Crippen molar-refractivity contribution in [2.45, 2.75) is 76.9 Å². The zero-order chi connectivity index (χ0) is 19.2. The lowest BCUT2D eigenvalue weighted by Gasteiger charge is -2.29. The van der Waals surface area contributed by atoms with Crippen LogP contribution in [-0.4, -0.2) is 20.6 Å². The van der Waals surface area contributed by atoms with E-state index >= 15 is 0 Å². The van der Waals surface area contributed by atoms with Crippen LogP contribution in [0, 0.1) is 11.7 Å². The number of carbonyl (C=O) groups excluding carboxylic acids is 1. The van der Waals surface area contributed by atoms with Crippen molar-refractivity contribution in [3.8, 4) is 0 Å². The number of aliphatic hydroxyl groups is 1. The Hall–Kier alpha value is -1.95. The molecule has 0 bridgehead atoms. The lowest BCUT2D eigenvalue weighted by atomic mass is 9.92. The first-order chi connectivity index (χ1) is 12.8. The van der Waals surface area contributed by atoms with Gasteiger partial charge < -0.3 is 9.67 Å². The number of hydrogen-bond donors (Lipinski definition) is 2. The van der Waals surface area contributed by atoms with Crippen molar-refractivity contribution in [2.24, 2.45) is 5.92 Å². The van der Waals surface area contributed by atoms with E-state index in [-0.39, 0.29) is 17.5 Å². The molecule has 27 heavy (non-hydrogen) atoms. The number of benzene rings is 1. The monoisotopic (exact) mass is 373 g/mol. The third-order valence-electron chi connectivity index (χ3n) is 6.10. The van der Waals surface area contributed by atoms with E-state index in [1.54, 1.807) is 19.9 Å². The number of fused-ring (bicyclic) bond motifs is 1. The Bertz CT molecular complexity index is 858. The van der Waals surface area contributed by atoms with Crippen LogP contribution >= 0.6 is 0 Å². The number of rotatable bonds is 5. The number of anilines is 1. The molecule has 0 saturated heterocycles. The molecular weight excluding hydrogens is 345 g/mol. The summed E-state index contributed by atoms with van der Waals surface area (Å²) >= 11 is 0. The largest absolute Gasteiger partial charge is 0.386 e. The topological polar surface area (TPSA) is 67.2 Å². The SMILES string of the molecule is CC(C)(O)c1cc(F)c2nc(NC(=O)CC3CCCC3)n(C3CCC3)c2c1. The maximum Gasteiger partial charge on any atom is 0.226 e. The van der Waals surface area contributed by atoms with Crippen LogP contribution in [0.25, 0.3) is 11.0 Å². The van der Waals surface area contributed by atoms with Crippen LogP contribution in [0.2, 0.25) is 0 Å². The van der Waals surface area contributed by atoms with E-state index < -0.39 is 11.4 Å². The molecule has 0 unspecified atom stereocenters. The van der Waals surface area contributed by atoms with E-state index in [1.165, 1.54) is 18.9 Å². The van der Waals surface area contributed by atoms with Gasteiger partial charge in [-0.05, 0) is 69.6 Å². The summed E-state index contributed by atoms with van der Waals surface area (Å²) < 4.78 is 16.7. The van der Waals surface area contributed by atoms with Gasteiger partial charge in [-0.3, -0.25) is 10.1 Å². The quantitative estimate of drug-likeness (QED) is 0.802. The van der Waals surface area contributed by atoms with E-state index in [0.717, 1.165) is 32.1 Å². The van der Waals surface area contributed by atoms with Crippen LogP contribution in [0.3, 0.4) is 0 Å². The minimum absolute atomic E-state index is 0.0408. The van der Waals surface area contributed by atoms with Crippen LogP contribution in [0.4, 0.5) is 10.3 Å². The Morgan fingerprint density at radius 1 is 1.26 bits per heavy atom.